The molecule has 0 amide bonds. The van der Waals surface area contributed by atoms with Crippen LogP contribution in [0.4, 0.5) is 0 Å². The van der Waals surface area contributed by atoms with E-state index in [-0.39, 0.29) is 0 Å². The molecule has 0 aliphatic heterocycles. The summed E-state index contributed by atoms with van der Waals surface area (Å²) in [6, 6.07) is 0. The van der Waals surface area contributed by atoms with E-state index in [0.29, 0.717) is 18.4 Å². The van der Waals surface area contributed by atoms with Crippen LogP contribution < -0.4 is 5.73 Å². The van der Waals surface area contributed by atoms with Crippen molar-refractivity contribution in [3.8, 4) is 0 Å². The molecule has 0 heterocycles. The smallest absolute Gasteiger partial charge is 0.0459 e. The first kappa shape index (κ1) is 9.92. The molecule has 0 saturated carbocycles. The Labute approximate surface area is 63.4 Å². The van der Waals surface area contributed by atoms with E-state index < -0.39 is 0 Å². The molecule has 0 rings (SSSR count). The van der Waals surface area contributed by atoms with Crippen molar-refractivity contribution in [3.05, 3.63) is 0 Å². The lowest BCUT2D eigenvalue weighted by Crippen LogP contribution is -2.16. The maximum atomic E-state index is 8.83. The molecule has 2 atom stereocenters. The third-order valence-electron chi connectivity index (χ3n) is 1.97. The zero-order chi connectivity index (χ0) is 7.98. The van der Waals surface area contributed by atoms with Gasteiger partial charge in [-0.3, -0.25) is 0 Å². The molecule has 3 N–H and O–H groups in total. The number of aliphatic hydroxyl groups is 1. The first-order valence-electron chi connectivity index (χ1n) is 4.05. The molecule has 0 saturated heterocycles. The summed E-state index contributed by atoms with van der Waals surface area (Å²) >= 11 is 0. The van der Waals surface area contributed by atoms with Crippen molar-refractivity contribution in [2.45, 2.75) is 26.7 Å². The second kappa shape index (κ2) is 5.69. The molecule has 2 heteroatoms. The Morgan fingerprint density at radius 2 is 2.10 bits per heavy atom. The predicted octanol–water partition coefficient (Wildman–Crippen LogP) is 0.990. The third-order valence-corrected chi connectivity index (χ3v) is 1.97. The van der Waals surface area contributed by atoms with Gasteiger partial charge in [0.05, 0.1) is 0 Å². The van der Waals surface area contributed by atoms with Crippen molar-refractivity contribution >= 4 is 0 Å². The average molecular weight is 145 g/mol. The minimum absolute atomic E-state index is 0.306. The SMILES string of the molecule is CCC(CO)CC(C)CN. The molecule has 0 aromatic carbocycles. The van der Waals surface area contributed by atoms with Gasteiger partial charge < -0.3 is 10.8 Å². The fourth-order valence-electron chi connectivity index (χ4n) is 1.04. The highest BCUT2D eigenvalue weighted by molar-refractivity contribution is 4.61. The van der Waals surface area contributed by atoms with Crippen LogP contribution in [0.25, 0.3) is 0 Å². The lowest BCUT2D eigenvalue weighted by Gasteiger charge is -2.15. The van der Waals surface area contributed by atoms with Gasteiger partial charge in [0.1, 0.15) is 0 Å². The zero-order valence-electron chi connectivity index (χ0n) is 7.01. The molecule has 2 nitrogen and oxygen atoms in total. The van der Waals surface area contributed by atoms with Gasteiger partial charge in [-0.25, -0.2) is 0 Å². The van der Waals surface area contributed by atoms with Crippen LogP contribution in [0.1, 0.15) is 26.7 Å². The molecule has 2 unspecified atom stereocenters. The Morgan fingerprint density at radius 3 is 2.40 bits per heavy atom. The fourth-order valence-corrected chi connectivity index (χ4v) is 1.04. The maximum absolute atomic E-state index is 8.83. The van der Waals surface area contributed by atoms with Crippen molar-refractivity contribution in [2.75, 3.05) is 13.2 Å². The minimum Gasteiger partial charge on any atom is -0.396 e. The zero-order valence-corrected chi connectivity index (χ0v) is 7.01. The largest absolute Gasteiger partial charge is 0.396 e. The number of nitrogens with two attached hydrogens (primary N) is 1. The topological polar surface area (TPSA) is 46.2 Å². The minimum atomic E-state index is 0.306. The molecular weight excluding hydrogens is 126 g/mol. The summed E-state index contributed by atoms with van der Waals surface area (Å²) in [7, 11) is 0. The van der Waals surface area contributed by atoms with E-state index in [0.717, 1.165) is 19.4 Å². The molecule has 0 radical (unpaired) electrons. The molecule has 0 aromatic rings. The number of aliphatic hydroxyl groups excluding tert-OH is 1. The highest BCUT2D eigenvalue weighted by Gasteiger charge is 2.08. The number of rotatable bonds is 5. The number of hydrogen-bond donors (Lipinski definition) is 2. The van der Waals surface area contributed by atoms with E-state index >= 15 is 0 Å². The molecule has 0 aliphatic rings. The van der Waals surface area contributed by atoms with E-state index in [1.54, 1.807) is 0 Å². The Kier molecular flexibility index (Phi) is 5.64. The molecule has 0 aromatic heterocycles. The maximum Gasteiger partial charge on any atom is 0.0459 e. The Morgan fingerprint density at radius 1 is 1.50 bits per heavy atom. The van der Waals surface area contributed by atoms with E-state index in [4.69, 9.17) is 10.8 Å². The molecular formula is C8H19NO. The highest BCUT2D eigenvalue weighted by Crippen LogP contribution is 2.13. The summed E-state index contributed by atoms with van der Waals surface area (Å²) in [6.45, 7) is 5.26. The van der Waals surface area contributed by atoms with Crippen LogP contribution in [0.5, 0.6) is 0 Å². The Bertz CT molecular complexity index is 71.7. The quantitative estimate of drug-likeness (QED) is 0.606. The van der Waals surface area contributed by atoms with Gasteiger partial charge in [0.15, 0.2) is 0 Å². The first-order chi connectivity index (χ1) is 4.74. The summed E-state index contributed by atoms with van der Waals surface area (Å²) in [5.41, 5.74) is 5.45. The van der Waals surface area contributed by atoms with Crippen LogP contribution in [0, 0.1) is 11.8 Å². The average Bonchev–Trinajstić information content (AvgIpc) is 1.99. The van der Waals surface area contributed by atoms with Crippen LogP contribution in [-0.2, 0) is 0 Å². The van der Waals surface area contributed by atoms with E-state index in [1.807, 2.05) is 0 Å². The standard InChI is InChI=1S/C8H19NO/c1-3-8(6-10)4-7(2)5-9/h7-8,10H,3-6,9H2,1-2H3. The summed E-state index contributed by atoms with van der Waals surface area (Å²) < 4.78 is 0. The predicted molar refractivity (Wildman–Crippen MR) is 43.7 cm³/mol. The summed E-state index contributed by atoms with van der Waals surface area (Å²) in [6.07, 6.45) is 2.12. The van der Waals surface area contributed by atoms with Crippen molar-refractivity contribution in [2.24, 2.45) is 17.6 Å². The van der Waals surface area contributed by atoms with Crippen molar-refractivity contribution in [1.29, 1.82) is 0 Å². The van der Waals surface area contributed by atoms with Crippen LogP contribution in [0.15, 0.2) is 0 Å². The van der Waals surface area contributed by atoms with Gasteiger partial charge in [0.2, 0.25) is 0 Å². The second-order valence-electron chi connectivity index (χ2n) is 3.03. The van der Waals surface area contributed by atoms with Gasteiger partial charge in [0.25, 0.3) is 0 Å². The highest BCUT2D eigenvalue weighted by atomic mass is 16.3. The Balaban J connectivity index is 3.41. The van der Waals surface area contributed by atoms with Gasteiger partial charge in [-0.2, -0.15) is 0 Å². The van der Waals surface area contributed by atoms with E-state index in [1.165, 1.54) is 0 Å². The first-order valence-corrected chi connectivity index (χ1v) is 4.05. The van der Waals surface area contributed by atoms with Gasteiger partial charge in [0, 0.05) is 6.61 Å². The molecule has 62 valence electrons. The van der Waals surface area contributed by atoms with Crippen molar-refractivity contribution in [3.63, 3.8) is 0 Å². The molecule has 0 aliphatic carbocycles. The lowest BCUT2D eigenvalue weighted by atomic mass is 9.95. The second-order valence-corrected chi connectivity index (χ2v) is 3.03. The molecule has 0 spiro atoms. The molecule has 10 heavy (non-hydrogen) atoms. The summed E-state index contributed by atoms with van der Waals surface area (Å²) in [5, 5.41) is 8.83. The van der Waals surface area contributed by atoms with Crippen molar-refractivity contribution < 1.29 is 5.11 Å². The molecule has 0 bridgehead atoms. The van der Waals surface area contributed by atoms with E-state index in [9.17, 15) is 0 Å². The van der Waals surface area contributed by atoms with Crippen molar-refractivity contribution in [1.82, 2.24) is 0 Å². The van der Waals surface area contributed by atoms with Crippen LogP contribution in [-0.4, -0.2) is 18.3 Å². The van der Waals surface area contributed by atoms with Gasteiger partial charge in [-0.1, -0.05) is 20.3 Å². The normalized spacial score (nSPS) is 16.8. The number of hydrogen-bond acceptors (Lipinski definition) is 2. The van der Waals surface area contributed by atoms with Crippen LogP contribution in [0.3, 0.4) is 0 Å². The van der Waals surface area contributed by atoms with Crippen LogP contribution >= 0.6 is 0 Å². The molecule has 0 fully saturated rings. The lowest BCUT2D eigenvalue weighted by molar-refractivity contribution is 0.200. The summed E-state index contributed by atoms with van der Waals surface area (Å²) in [5.74, 6) is 1.01. The third kappa shape index (κ3) is 3.85. The van der Waals surface area contributed by atoms with Crippen LogP contribution in [0.2, 0.25) is 0 Å². The fraction of sp³-hybridized carbons (Fsp3) is 1.00. The Hall–Kier alpha value is -0.0800. The monoisotopic (exact) mass is 145 g/mol. The van der Waals surface area contributed by atoms with Gasteiger partial charge in [-0.05, 0) is 24.8 Å². The van der Waals surface area contributed by atoms with Gasteiger partial charge >= 0.3 is 0 Å². The summed E-state index contributed by atoms with van der Waals surface area (Å²) in [4.78, 5) is 0. The van der Waals surface area contributed by atoms with Gasteiger partial charge in [-0.15, -0.1) is 0 Å². The van der Waals surface area contributed by atoms with E-state index in [2.05, 4.69) is 13.8 Å².